The summed E-state index contributed by atoms with van der Waals surface area (Å²) in [6, 6.07) is 14.0. The van der Waals surface area contributed by atoms with Crippen molar-refractivity contribution in [2.75, 3.05) is 5.73 Å². The number of anilines is 1. The molecule has 1 heterocycles. The van der Waals surface area contributed by atoms with Crippen LogP contribution in [-0.4, -0.2) is 4.98 Å². The number of nitrogens with two attached hydrogens (primary N) is 1. The summed E-state index contributed by atoms with van der Waals surface area (Å²) in [5.41, 5.74) is 11.9. The van der Waals surface area contributed by atoms with E-state index in [1.54, 1.807) is 0 Å². The lowest BCUT2D eigenvalue weighted by Gasteiger charge is -2.14. The third-order valence-electron chi connectivity index (χ3n) is 4.85. The molecule has 0 unspecified atom stereocenters. The molecule has 0 aliphatic heterocycles. The molecular formula is C21H22N2O. The molecule has 0 bridgehead atoms. The van der Waals surface area contributed by atoms with E-state index in [4.69, 9.17) is 15.5 Å². The van der Waals surface area contributed by atoms with E-state index in [1.165, 1.54) is 30.5 Å². The van der Waals surface area contributed by atoms with E-state index in [9.17, 15) is 0 Å². The maximum absolute atomic E-state index is 6.51. The summed E-state index contributed by atoms with van der Waals surface area (Å²) in [5.74, 6) is 1.68. The van der Waals surface area contributed by atoms with Crippen LogP contribution in [0.25, 0.3) is 10.9 Å². The molecule has 2 aromatic carbocycles. The van der Waals surface area contributed by atoms with Gasteiger partial charge in [-0.3, -0.25) is 4.98 Å². The summed E-state index contributed by atoms with van der Waals surface area (Å²) in [7, 11) is 0. The lowest BCUT2D eigenvalue weighted by Crippen LogP contribution is -2.03. The van der Waals surface area contributed by atoms with Crippen LogP contribution in [-0.2, 0) is 12.8 Å². The number of hydrogen-bond acceptors (Lipinski definition) is 3. The van der Waals surface area contributed by atoms with Crippen molar-refractivity contribution in [2.24, 2.45) is 0 Å². The average Bonchev–Trinajstić information content (AvgIpc) is 2.83. The minimum Gasteiger partial charge on any atom is -0.457 e. The summed E-state index contributed by atoms with van der Waals surface area (Å²) in [6.07, 6.45) is 5.74. The number of aromatic nitrogens is 1. The van der Waals surface area contributed by atoms with Crippen LogP contribution in [0.3, 0.4) is 0 Å². The molecular weight excluding hydrogens is 296 g/mol. The van der Waals surface area contributed by atoms with Crippen molar-refractivity contribution in [2.45, 2.75) is 39.0 Å². The number of para-hydroxylation sites is 1. The Morgan fingerprint density at radius 2 is 1.83 bits per heavy atom. The summed E-state index contributed by atoms with van der Waals surface area (Å²) in [4.78, 5) is 4.87. The highest BCUT2D eigenvalue weighted by atomic mass is 16.5. The maximum Gasteiger partial charge on any atom is 0.130 e. The van der Waals surface area contributed by atoms with Crippen molar-refractivity contribution in [3.8, 4) is 11.5 Å². The highest BCUT2D eigenvalue weighted by molar-refractivity contribution is 5.93. The molecule has 1 aromatic heterocycles. The predicted octanol–water partition coefficient (Wildman–Crippen LogP) is 5.19. The topological polar surface area (TPSA) is 48.1 Å². The number of benzene rings is 2. The van der Waals surface area contributed by atoms with Crippen LogP contribution in [0.1, 0.15) is 36.1 Å². The summed E-state index contributed by atoms with van der Waals surface area (Å²) < 4.78 is 6.06. The summed E-state index contributed by atoms with van der Waals surface area (Å²) in [6.45, 7) is 2.05. The molecule has 3 nitrogen and oxygen atoms in total. The Balaban J connectivity index is 1.78. The molecule has 0 spiro atoms. The minimum atomic E-state index is 0.805. The molecule has 0 atom stereocenters. The Labute approximate surface area is 142 Å². The molecule has 0 amide bonds. The lowest BCUT2D eigenvalue weighted by atomic mass is 10.0. The molecule has 0 radical (unpaired) electrons. The molecule has 0 saturated heterocycles. The highest BCUT2D eigenvalue weighted by Crippen LogP contribution is 2.34. The first-order valence-corrected chi connectivity index (χ1v) is 8.67. The number of ether oxygens (including phenoxy) is 1. The van der Waals surface area contributed by atoms with Gasteiger partial charge in [0.25, 0.3) is 0 Å². The molecule has 0 saturated carbocycles. The van der Waals surface area contributed by atoms with Crippen LogP contribution in [0.15, 0.2) is 42.5 Å². The Morgan fingerprint density at radius 3 is 2.71 bits per heavy atom. The SMILES string of the molecule is Cc1ccccc1Oc1ccc2nc3c(c(N)c2c1)CCCCC3. The van der Waals surface area contributed by atoms with Crippen LogP contribution in [0.2, 0.25) is 0 Å². The quantitative estimate of drug-likeness (QED) is 0.662. The third-order valence-corrected chi connectivity index (χ3v) is 4.85. The molecule has 3 heteroatoms. The number of nitrogens with zero attached hydrogens (tertiary/aromatic N) is 1. The Hall–Kier alpha value is -2.55. The van der Waals surface area contributed by atoms with Gasteiger partial charge in [-0.25, -0.2) is 0 Å². The second-order valence-corrected chi connectivity index (χ2v) is 6.56. The van der Waals surface area contributed by atoms with Crippen LogP contribution in [0.4, 0.5) is 5.69 Å². The number of aryl methyl sites for hydroxylation is 2. The summed E-state index contributed by atoms with van der Waals surface area (Å²) in [5, 5.41) is 1.00. The fraction of sp³-hybridized carbons (Fsp3) is 0.286. The normalized spacial score (nSPS) is 14.2. The van der Waals surface area contributed by atoms with Crippen LogP contribution in [0, 0.1) is 6.92 Å². The molecule has 2 N–H and O–H groups in total. The maximum atomic E-state index is 6.51. The molecule has 3 aromatic rings. The van der Waals surface area contributed by atoms with Crippen LogP contribution >= 0.6 is 0 Å². The fourth-order valence-corrected chi connectivity index (χ4v) is 3.48. The zero-order valence-corrected chi connectivity index (χ0v) is 14.0. The van der Waals surface area contributed by atoms with E-state index in [-0.39, 0.29) is 0 Å². The van der Waals surface area contributed by atoms with Gasteiger partial charge in [0.1, 0.15) is 11.5 Å². The van der Waals surface area contributed by atoms with Crippen molar-refractivity contribution in [3.63, 3.8) is 0 Å². The number of hydrogen-bond donors (Lipinski definition) is 1. The first-order chi connectivity index (χ1) is 11.7. The van der Waals surface area contributed by atoms with E-state index in [0.717, 1.165) is 46.5 Å². The van der Waals surface area contributed by atoms with Gasteiger partial charge in [0, 0.05) is 16.8 Å². The van der Waals surface area contributed by atoms with Crippen LogP contribution in [0.5, 0.6) is 11.5 Å². The van der Waals surface area contributed by atoms with Crippen molar-refractivity contribution in [1.82, 2.24) is 4.98 Å². The standard InChI is InChI=1S/C21H22N2O/c1-14-7-5-6-10-20(14)24-15-11-12-19-17(13-15)21(22)16-8-3-2-4-9-18(16)23-19/h5-7,10-13H,2-4,8-9H2,1H3,(H2,22,23). The molecule has 1 aliphatic carbocycles. The monoisotopic (exact) mass is 318 g/mol. The van der Waals surface area contributed by atoms with Crippen molar-refractivity contribution < 1.29 is 4.74 Å². The third kappa shape index (κ3) is 2.71. The van der Waals surface area contributed by atoms with E-state index >= 15 is 0 Å². The smallest absolute Gasteiger partial charge is 0.130 e. The lowest BCUT2D eigenvalue weighted by molar-refractivity contribution is 0.479. The van der Waals surface area contributed by atoms with E-state index < -0.39 is 0 Å². The van der Waals surface area contributed by atoms with Gasteiger partial charge in [-0.15, -0.1) is 0 Å². The number of rotatable bonds is 2. The molecule has 24 heavy (non-hydrogen) atoms. The van der Waals surface area contributed by atoms with Gasteiger partial charge in [0.05, 0.1) is 5.52 Å². The number of pyridine rings is 1. The first kappa shape index (κ1) is 15.0. The first-order valence-electron chi connectivity index (χ1n) is 8.67. The Bertz CT molecular complexity index is 902. The number of fused-ring (bicyclic) bond motifs is 2. The molecule has 122 valence electrons. The van der Waals surface area contributed by atoms with Gasteiger partial charge in [-0.1, -0.05) is 24.6 Å². The highest BCUT2D eigenvalue weighted by Gasteiger charge is 2.16. The largest absolute Gasteiger partial charge is 0.457 e. The van der Waals surface area contributed by atoms with Crippen molar-refractivity contribution in [3.05, 3.63) is 59.3 Å². The van der Waals surface area contributed by atoms with Gasteiger partial charge in [-0.05, 0) is 68.0 Å². The predicted molar refractivity (Wildman–Crippen MR) is 98.7 cm³/mol. The van der Waals surface area contributed by atoms with E-state index in [0.29, 0.717) is 0 Å². The minimum absolute atomic E-state index is 0.805. The van der Waals surface area contributed by atoms with Gasteiger partial charge < -0.3 is 10.5 Å². The van der Waals surface area contributed by atoms with Gasteiger partial charge >= 0.3 is 0 Å². The van der Waals surface area contributed by atoms with Crippen molar-refractivity contribution >= 4 is 16.6 Å². The zero-order chi connectivity index (χ0) is 16.5. The Kier molecular flexibility index (Phi) is 3.85. The van der Waals surface area contributed by atoms with Gasteiger partial charge in [0.2, 0.25) is 0 Å². The van der Waals surface area contributed by atoms with Gasteiger partial charge in [0.15, 0.2) is 0 Å². The number of nitrogen functional groups attached to an aromatic ring is 1. The molecule has 0 fully saturated rings. The fourth-order valence-electron chi connectivity index (χ4n) is 3.48. The van der Waals surface area contributed by atoms with Crippen LogP contribution < -0.4 is 10.5 Å². The van der Waals surface area contributed by atoms with Gasteiger partial charge in [-0.2, -0.15) is 0 Å². The average molecular weight is 318 g/mol. The zero-order valence-electron chi connectivity index (χ0n) is 14.0. The Morgan fingerprint density at radius 1 is 1.00 bits per heavy atom. The molecule has 4 rings (SSSR count). The van der Waals surface area contributed by atoms with E-state index in [2.05, 4.69) is 0 Å². The van der Waals surface area contributed by atoms with E-state index in [1.807, 2.05) is 49.4 Å². The molecule has 1 aliphatic rings. The van der Waals surface area contributed by atoms with Crippen molar-refractivity contribution in [1.29, 1.82) is 0 Å². The second kappa shape index (κ2) is 6.16. The summed E-state index contributed by atoms with van der Waals surface area (Å²) >= 11 is 0. The second-order valence-electron chi connectivity index (χ2n) is 6.56.